The molecule has 0 radical (unpaired) electrons. The summed E-state index contributed by atoms with van der Waals surface area (Å²) in [6.45, 7) is 0.724. The fraction of sp³-hybridized carbons (Fsp3) is 0.143. The average Bonchev–Trinajstić information content (AvgIpc) is 2.47. The zero-order chi connectivity index (χ0) is 15.2. The van der Waals surface area contributed by atoms with Gasteiger partial charge in [-0.15, -0.1) is 0 Å². The van der Waals surface area contributed by atoms with Crippen LogP contribution in [0.25, 0.3) is 0 Å². The van der Waals surface area contributed by atoms with E-state index in [4.69, 9.17) is 22.2 Å². The van der Waals surface area contributed by atoms with Crippen LogP contribution in [-0.2, 0) is 18.0 Å². The minimum Gasteiger partial charge on any atom is -0.372 e. The number of halogens is 1. The van der Waals surface area contributed by atoms with Gasteiger partial charge in [0, 0.05) is 11.1 Å². The van der Waals surface area contributed by atoms with Gasteiger partial charge in [-0.25, -0.2) is 0 Å². The maximum atomic E-state index is 10.8. The van der Waals surface area contributed by atoms with Crippen molar-refractivity contribution in [3.8, 4) is 0 Å². The summed E-state index contributed by atoms with van der Waals surface area (Å²) < 4.78 is 5.56. The lowest BCUT2D eigenvalue weighted by molar-refractivity contribution is -0.384. The molecule has 0 atom stereocenters. The van der Waals surface area contributed by atoms with Gasteiger partial charge in [0.25, 0.3) is 5.69 Å². The van der Waals surface area contributed by atoms with Gasteiger partial charge in [0.2, 0.25) is 0 Å². The van der Waals surface area contributed by atoms with Crippen molar-refractivity contribution in [1.82, 2.24) is 0 Å². The summed E-state index contributed by atoms with van der Waals surface area (Å²) in [5.74, 6) is 5.28. The number of rotatable bonds is 6. The number of hydrogen-bond donors (Lipinski definition) is 2. The highest BCUT2D eigenvalue weighted by Gasteiger charge is 2.13. The van der Waals surface area contributed by atoms with E-state index < -0.39 is 4.92 Å². The second kappa shape index (κ2) is 7.03. The second-order valence-electron chi connectivity index (χ2n) is 4.38. The molecule has 0 amide bonds. The van der Waals surface area contributed by atoms with Gasteiger partial charge >= 0.3 is 0 Å². The zero-order valence-corrected chi connectivity index (χ0v) is 11.8. The third-order valence-electron chi connectivity index (χ3n) is 2.84. The van der Waals surface area contributed by atoms with Gasteiger partial charge in [-0.1, -0.05) is 23.7 Å². The maximum Gasteiger partial charge on any atom is 0.293 e. The van der Waals surface area contributed by atoms with Gasteiger partial charge < -0.3 is 10.2 Å². The van der Waals surface area contributed by atoms with Crippen LogP contribution in [0.4, 0.5) is 11.4 Å². The van der Waals surface area contributed by atoms with Gasteiger partial charge in [-0.05, 0) is 35.4 Å². The molecule has 110 valence electrons. The topological polar surface area (TPSA) is 90.4 Å². The molecule has 2 rings (SSSR count). The lowest BCUT2D eigenvalue weighted by Gasteiger charge is -2.07. The molecule has 0 aliphatic rings. The molecule has 0 fully saturated rings. The zero-order valence-electron chi connectivity index (χ0n) is 11.1. The summed E-state index contributed by atoms with van der Waals surface area (Å²) in [6, 6.07) is 12.0. The third kappa shape index (κ3) is 4.16. The Balaban J connectivity index is 1.99. The minimum atomic E-state index is -0.494. The smallest absolute Gasteiger partial charge is 0.293 e. The van der Waals surface area contributed by atoms with Gasteiger partial charge in [-0.2, -0.15) is 0 Å². The summed E-state index contributed by atoms with van der Waals surface area (Å²) in [5.41, 5.74) is 4.25. The van der Waals surface area contributed by atoms with E-state index in [9.17, 15) is 10.1 Å². The Morgan fingerprint density at radius 2 is 1.90 bits per heavy atom. The predicted molar refractivity (Wildman–Crippen MR) is 80.9 cm³/mol. The van der Waals surface area contributed by atoms with Crippen molar-refractivity contribution in [2.24, 2.45) is 5.84 Å². The lowest BCUT2D eigenvalue weighted by atomic mass is 10.2. The Kier molecular flexibility index (Phi) is 5.10. The molecule has 0 aliphatic heterocycles. The van der Waals surface area contributed by atoms with Gasteiger partial charge in [-0.3, -0.25) is 16.0 Å². The monoisotopic (exact) mass is 307 g/mol. The van der Waals surface area contributed by atoms with Crippen LogP contribution in [0.5, 0.6) is 0 Å². The third-order valence-corrected chi connectivity index (χ3v) is 3.07. The molecule has 0 spiro atoms. The van der Waals surface area contributed by atoms with Crippen molar-refractivity contribution in [3.05, 3.63) is 68.7 Å². The first-order valence-electron chi connectivity index (χ1n) is 6.16. The Labute approximate surface area is 126 Å². The molecular formula is C14H14ClN3O3. The van der Waals surface area contributed by atoms with Crippen LogP contribution in [0.1, 0.15) is 11.1 Å². The van der Waals surface area contributed by atoms with Crippen LogP contribution >= 0.6 is 11.6 Å². The Morgan fingerprint density at radius 3 is 2.52 bits per heavy atom. The first kappa shape index (κ1) is 15.2. The molecule has 7 heteroatoms. The van der Waals surface area contributed by atoms with Gasteiger partial charge in [0.05, 0.1) is 18.1 Å². The minimum absolute atomic E-state index is 0.0731. The second-order valence-corrected chi connectivity index (χ2v) is 4.81. The number of hydrogen-bond acceptors (Lipinski definition) is 5. The standard InChI is InChI=1S/C14H14ClN3O3/c15-12-3-1-2-10(6-12)8-21-9-11-4-5-14(18(19)20)13(7-11)17-16/h1-7,17H,8-9,16H2. The highest BCUT2D eigenvalue weighted by molar-refractivity contribution is 6.30. The Hall–Kier alpha value is -2.15. The largest absolute Gasteiger partial charge is 0.372 e. The lowest BCUT2D eigenvalue weighted by Crippen LogP contribution is -2.09. The molecule has 2 aromatic carbocycles. The molecule has 0 bridgehead atoms. The van der Waals surface area contributed by atoms with Gasteiger partial charge in [0.1, 0.15) is 5.69 Å². The van der Waals surface area contributed by atoms with E-state index >= 15 is 0 Å². The van der Waals surface area contributed by atoms with Crippen LogP contribution < -0.4 is 11.3 Å². The van der Waals surface area contributed by atoms with Crippen LogP contribution in [-0.4, -0.2) is 4.92 Å². The highest BCUT2D eigenvalue weighted by Crippen LogP contribution is 2.25. The number of nitrogens with zero attached hydrogens (tertiary/aromatic N) is 1. The van der Waals surface area contributed by atoms with Crippen LogP contribution in [0.2, 0.25) is 5.02 Å². The Morgan fingerprint density at radius 1 is 1.19 bits per heavy atom. The molecule has 0 saturated carbocycles. The van der Waals surface area contributed by atoms with Crippen molar-refractivity contribution < 1.29 is 9.66 Å². The molecule has 21 heavy (non-hydrogen) atoms. The highest BCUT2D eigenvalue weighted by atomic mass is 35.5. The van der Waals surface area contributed by atoms with Crippen molar-refractivity contribution in [3.63, 3.8) is 0 Å². The molecule has 0 aliphatic carbocycles. The quantitative estimate of drug-likeness (QED) is 0.485. The molecule has 0 aromatic heterocycles. The number of hydrazine groups is 1. The first-order chi connectivity index (χ1) is 10.1. The van der Waals surface area contributed by atoms with Crippen molar-refractivity contribution in [2.45, 2.75) is 13.2 Å². The van der Waals surface area contributed by atoms with E-state index in [1.165, 1.54) is 6.07 Å². The SMILES string of the molecule is NNc1cc(COCc2cccc(Cl)c2)ccc1[N+](=O)[O-]. The fourth-order valence-corrected chi connectivity index (χ4v) is 2.07. The number of ether oxygens (including phenoxy) is 1. The first-order valence-corrected chi connectivity index (χ1v) is 6.54. The molecule has 0 unspecified atom stereocenters. The van der Waals surface area contributed by atoms with Crippen LogP contribution in [0.15, 0.2) is 42.5 Å². The molecule has 0 saturated heterocycles. The normalized spacial score (nSPS) is 10.4. The van der Waals surface area contributed by atoms with Crippen molar-refractivity contribution in [1.29, 1.82) is 0 Å². The number of benzene rings is 2. The van der Waals surface area contributed by atoms with Crippen LogP contribution in [0.3, 0.4) is 0 Å². The van der Waals surface area contributed by atoms with E-state index in [0.29, 0.717) is 18.2 Å². The number of nitro groups is 1. The summed E-state index contributed by atoms with van der Waals surface area (Å²) >= 11 is 5.89. The van der Waals surface area contributed by atoms with E-state index in [2.05, 4.69) is 5.43 Å². The van der Waals surface area contributed by atoms with Crippen LogP contribution in [0, 0.1) is 10.1 Å². The number of anilines is 1. The molecule has 2 aromatic rings. The van der Waals surface area contributed by atoms with E-state index in [1.807, 2.05) is 18.2 Å². The van der Waals surface area contributed by atoms with Crippen molar-refractivity contribution in [2.75, 3.05) is 5.43 Å². The number of nitrogens with two attached hydrogens (primary N) is 1. The maximum absolute atomic E-state index is 10.8. The number of nitrogens with one attached hydrogen (secondary N) is 1. The summed E-state index contributed by atoms with van der Waals surface area (Å²) in [4.78, 5) is 10.3. The van der Waals surface area contributed by atoms with E-state index in [-0.39, 0.29) is 11.4 Å². The summed E-state index contributed by atoms with van der Waals surface area (Å²) in [5, 5.41) is 11.4. The predicted octanol–water partition coefficient (Wildman–Crippen LogP) is 3.25. The molecule has 3 N–H and O–H groups in total. The molecular weight excluding hydrogens is 294 g/mol. The summed E-state index contributed by atoms with van der Waals surface area (Å²) in [7, 11) is 0. The van der Waals surface area contributed by atoms with E-state index in [0.717, 1.165) is 11.1 Å². The fourth-order valence-electron chi connectivity index (χ4n) is 1.86. The molecule has 0 heterocycles. The number of nitrogen functional groups attached to an aromatic ring is 1. The summed E-state index contributed by atoms with van der Waals surface area (Å²) in [6.07, 6.45) is 0. The Bertz CT molecular complexity index is 649. The average molecular weight is 308 g/mol. The molecule has 6 nitrogen and oxygen atoms in total. The van der Waals surface area contributed by atoms with Crippen molar-refractivity contribution >= 4 is 23.0 Å². The van der Waals surface area contributed by atoms with E-state index in [1.54, 1.807) is 18.2 Å². The van der Waals surface area contributed by atoms with Gasteiger partial charge in [0.15, 0.2) is 0 Å². The number of nitro benzene ring substituents is 1.